The van der Waals surface area contributed by atoms with Crippen molar-refractivity contribution in [3.63, 3.8) is 0 Å². The SMILES string of the molecule is C.NC[C@H](NC(=O)c1ccc(C#CC#Cc2ccc(NC(=O)CN3CCCC3)cc2)cc1)C(=O)NO. The van der Waals surface area contributed by atoms with Crippen molar-refractivity contribution in [1.29, 1.82) is 0 Å². The normalized spacial score (nSPS) is 13.1. The van der Waals surface area contributed by atoms with Gasteiger partial charge in [-0.1, -0.05) is 19.3 Å². The molecule has 6 N–H and O–H groups in total. The van der Waals surface area contributed by atoms with Crippen LogP contribution in [-0.2, 0) is 9.59 Å². The molecule has 0 saturated carbocycles. The Kier molecular flexibility index (Phi) is 11.2. The summed E-state index contributed by atoms with van der Waals surface area (Å²) >= 11 is 0. The van der Waals surface area contributed by atoms with Crippen molar-refractivity contribution in [3.8, 4) is 23.7 Å². The molecule has 2 aromatic carbocycles. The van der Waals surface area contributed by atoms with Crippen molar-refractivity contribution >= 4 is 23.4 Å². The molecule has 1 saturated heterocycles. The molecule has 0 aliphatic carbocycles. The van der Waals surface area contributed by atoms with Gasteiger partial charge in [0.15, 0.2) is 0 Å². The van der Waals surface area contributed by atoms with E-state index in [1.165, 1.54) is 5.48 Å². The Morgan fingerprint density at radius 3 is 2.03 bits per heavy atom. The molecule has 0 radical (unpaired) electrons. The Balaban J connectivity index is 0.00000456. The number of nitrogens with zero attached hydrogens (tertiary/aromatic N) is 1. The number of nitrogens with two attached hydrogens (primary N) is 1. The molecule has 9 heteroatoms. The van der Waals surface area contributed by atoms with Gasteiger partial charge in [-0.2, -0.15) is 0 Å². The van der Waals surface area contributed by atoms with E-state index in [0.29, 0.717) is 17.7 Å². The maximum atomic E-state index is 12.2. The lowest BCUT2D eigenvalue weighted by atomic mass is 10.1. The molecule has 9 nitrogen and oxygen atoms in total. The molecule has 3 amide bonds. The van der Waals surface area contributed by atoms with Gasteiger partial charge >= 0.3 is 0 Å². The summed E-state index contributed by atoms with van der Waals surface area (Å²) in [5.74, 6) is 10.1. The predicted molar refractivity (Wildman–Crippen MR) is 138 cm³/mol. The fourth-order valence-electron chi connectivity index (χ4n) is 3.44. The molecular formula is C27H31N5O4. The predicted octanol–water partition coefficient (Wildman–Crippen LogP) is 1.32. The summed E-state index contributed by atoms with van der Waals surface area (Å²) < 4.78 is 0. The lowest BCUT2D eigenvalue weighted by Crippen LogP contribution is -2.50. The number of hydrogen-bond donors (Lipinski definition) is 5. The maximum Gasteiger partial charge on any atom is 0.267 e. The second kappa shape index (κ2) is 14.3. The van der Waals surface area contributed by atoms with Crippen molar-refractivity contribution < 1.29 is 19.6 Å². The molecule has 1 atom stereocenters. The zero-order valence-corrected chi connectivity index (χ0v) is 19.1. The lowest BCUT2D eigenvalue weighted by Gasteiger charge is -2.14. The summed E-state index contributed by atoms with van der Waals surface area (Å²) in [5.41, 5.74) is 9.36. The Bertz CT molecular complexity index is 1170. The van der Waals surface area contributed by atoms with Crippen LogP contribution in [0.1, 0.15) is 41.8 Å². The Labute approximate surface area is 211 Å². The fraction of sp³-hybridized carbons (Fsp3) is 0.296. The van der Waals surface area contributed by atoms with E-state index in [0.717, 1.165) is 37.2 Å². The van der Waals surface area contributed by atoms with Crippen molar-refractivity contribution in [2.24, 2.45) is 5.73 Å². The molecule has 188 valence electrons. The standard InChI is InChI=1S/C26H27N5O4.CH4/c27-17-23(26(34)30-35)29-25(33)21-11-7-19(8-12-21)5-1-2-6-20-9-13-22(14-10-20)28-24(32)18-31-15-3-4-16-31;/h7-14,23,35H,3-4,15-18,27H2,(H,28,32)(H,29,33)(H,30,34);1H4/t23-;/m0./s1. The highest BCUT2D eigenvalue weighted by atomic mass is 16.5. The van der Waals surface area contributed by atoms with Gasteiger partial charge < -0.3 is 16.4 Å². The number of likely N-dealkylation sites (tertiary alicyclic amines) is 1. The van der Waals surface area contributed by atoms with Crippen LogP contribution in [0.15, 0.2) is 48.5 Å². The first-order valence-corrected chi connectivity index (χ1v) is 11.2. The number of benzene rings is 2. The first kappa shape index (κ1) is 28.1. The van der Waals surface area contributed by atoms with Crippen LogP contribution in [0, 0.1) is 23.7 Å². The van der Waals surface area contributed by atoms with E-state index in [2.05, 4.69) is 39.2 Å². The fourth-order valence-corrected chi connectivity index (χ4v) is 3.44. The molecule has 0 bridgehead atoms. The highest BCUT2D eigenvalue weighted by Gasteiger charge is 2.19. The minimum absolute atomic E-state index is 0. The van der Waals surface area contributed by atoms with E-state index in [-0.39, 0.29) is 19.9 Å². The van der Waals surface area contributed by atoms with E-state index in [1.54, 1.807) is 24.3 Å². The van der Waals surface area contributed by atoms with Crippen molar-refractivity contribution in [2.75, 3.05) is 31.5 Å². The number of nitrogens with one attached hydrogen (secondary N) is 3. The summed E-state index contributed by atoms with van der Waals surface area (Å²) in [6, 6.07) is 12.7. The zero-order chi connectivity index (χ0) is 25.0. The summed E-state index contributed by atoms with van der Waals surface area (Å²) in [5, 5.41) is 14.0. The first-order chi connectivity index (χ1) is 17.0. The van der Waals surface area contributed by atoms with Crippen molar-refractivity contribution in [3.05, 3.63) is 65.2 Å². The molecule has 1 aliphatic rings. The second-order valence-electron chi connectivity index (χ2n) is 7.92. The zero-order valence-electron chi connectivity index (χ0n) is 19.1. The number of anilines is 1. The smallest absolute Gasteiger partial charge is 0.267 e. The minimum atomic E-state index is -1.04. The van der Waals surface area contributed by atoms with Gasteiger partial charge in [-0.15, -0.1) is 0 Å². The Morgan fingerprint density at radius 1 is 0.944 bits per heavy atom. The van der Waals surface area contributed by atoms with Crippen LogP contribution >= 0.6 is 0 Å². The van der Waals surface area contributed by atoms with Gasteiger partial charge in [-0.05, 0) is 86.3 Å². The topological polar surface area (TPSA) is 137 Å². The molecule has 0 aromatic heterocycles. The summed E-state index contributed by atoms with van der Waals surface area (Å²) in [4.78, 5) is 37.9. The third-order valence-corrected chi connectivity index (χ3v) is 5.33. The van der Waals surface area contributed by atoms with Crippen LogP contribution < -0.4 is 21.8 Å². The van der Waals surface area contributed by atoms with E-state index in [9.17, 15) is 14.4 Å². The van der Waals surface area contributed by atoms with Gasteiger partial charge in [0, 0.05) is 28.9 Å². The van der Waals surface area contributed by atoms with Crippen molar-refractivity contribution in [1.82, 2.24) is 15.7 Å². The molecule has 0 unspecified atom stereocenters. The van der Waals surface area contributed by atoms with Crippen LogP contribution in [0.4, 0.5) is 5.69 Å². The molecule has 2 aromatic rings. The number of carbonyl (C=O) groups is 3. The Hall–Kier alpha value is -4.15. The average Bonchev–Trinajstić information content (AvgIpc) is 3.38. The minimum Gasteiger partial charge on any atom is -0.339 e. The molecule has 36 heavy (non-hydrogen) atoms. The summed E-state index contributed by atoms with van der Waals surface area (Å²) in [7, 11) is 0. The molecule has 3 rings (SSSR count). The molecule has 0 spiro atoms. The van der Waals surface area contributed by atoms with E-state index < -0.39 is 17.9 Å². The lowest BCUT2D eigenvalue weighted by molar-refractivity contribution is -0.130. The second-order valence-corrected chi connectivity index (χ2v) is 7.92. The summed E-state index contributed by atoms with van der Waals surface area (Å²) in [6.45, 7) is 2.21. The number of rotatable bonds is 7. The molecular weight excluding hydrogens is 458 g/mol. The van der Waals surface area contributed by atoms with Gasteiger partial charge in [0.25, 0.3) is 11.8 Å². The van der Waals surface area contributed by atoms with Gasteiger partial charge in [-0.3, -0.25) is 24.5 Å². The number of amides is 3. The van der Waals surface area contributed by atoms with Crippen LogP contribution in [0.2, 0.25) is 0 Å². The van der Waals surface area contributed by atoms with Crippen molar-refractivity contribution in [2.45, 2.75) is 26.3 Å². The highest BCUT2D eigenvalue weighted by Crippen LogP contribution is 2.11. The Morgan fingerprint density at radius 2 is 1.50 bits per heavy atom. The van der Waals surface area contributed by atoms with Crippen LogP contribution in [0.25, 0.3) is 0 Å². The molecule has 1 aliphatic heterocycles. The first-order valence-electron chi connectivity index (χ1n) is 11.2. The van der Waals surface area contributed by atoms with Gasteiger partial charge in [0.1, 0.15) is 6.04 Å². The number of hydrogen-bond acceptors (Lipinski definition) is 6. The van der Waals surface area contributed by atoms with Gasteiger partial charge in [0.2, 0.25) is 5.91 Å². The average molecular weight is 490 g/mol. The molecule has 1 fully saturated rings. The quantitative estimate of drug-likeness (QED) is 0.226. The van der Waals surface area contributed by atoms with Crippen LogP contribution in [0.3, 0.4) is 0 Å². The molecule has 1 heterocycles. The third kappa shape index (κ3) is 8.57. The number of hydroxylamine groups is 1. The highest BCUT2D eigenvalue weighted by molar-refractivity contribution is 5.97. The monoisotopic (exact) mass is 489 g/mol. The third-order valence-electron chi connectivity index (χ3n) is 5.33. The van der Waals surface area contributed by atoms with Crippen LogP contribution in [-0.4, -0.2) is 60.0 Å². The number of carbonyl (C=O) groups excluding carboxylic acids is 3. The van der Waals surface area contributed by atoms with E-state index in [1.807, 2.05) is 24.3 Å². The van der Waals surface area contributed by atoms with E-state index >= 15 is 0 Å². The van der Waals surface area contributed by atoms with Gasteiger partial charge in [0.05, 0.1) is 6.54 Å². The largest absolute Gasteiger partial charge is 0.339 e. The van der Waals surface area contributed by atoms with Gasteiger partial charge in [-0.25, -0.2) is 5.48 Å². The summed E-state index contributed by atoms with van der Waals surface area (Å²) in [6.07, 6.45) is 2.30. The van der Waals surface area contributed by atoms with E-state index in [4.69, 9.17) is 10.9 Å². The van der Waals surface area contributed by atoms with Crippen LogP contribution in [0.5, 0.6) is 0 Å². The maximum absolute atomic E-state index is 12.2.